The van der Waals surface area contributed by atoms with Crippen molar-refractivity contribution < 1.29 is 19.1 Å². The molecule has 0 radical (unpaired) electrons. The summed E-state index contributed by atoms with van der Waals surface area (Å²) >= 11 is 0. The molecule has 28 heavy (non-hydrogen) atoms. The molecule has 0 aliphatic heterocycles. The van der Waals surface area contributed by atoms with Gasteiger partial charge in [-0.05, 0) is 50.6 Å². The molecule has 0 bridgehead atoms. The Labute approximate surface area is 164 Å². The molecule has 7 nitrogen and oxygen atoms in total. The number of carbonyl (C=O) groups excluding carboxylic acids is 2. The first-order valence-electron chi connectivity index (χ1n) is 8.94. The first-order valence-corrected chi connectivity index (χ1v) is 8.94. The summed E-state index contributed by atoms with van der Waals surface area (Å²) in [5.74, 6) is -0.429. The average molecular weight is 386 g/mol. The highest BCUT2D eigenvalue weighted by molar-refractivity contribution is 5.89. The number of esters is 1. The number of pyridine rings is 1. The molecular formula is C21H26N2O5. The minimum absolute atomic E-state index is 0.175. The smallest absolute Gasteiger partial charge is 0.410 e. The van der Waals surface area contributed by atoms with E-state index in [-0.39, 0.29) is 5.56 Å². The van der Waals surface area contributed by atoms with E-state index in [0.29, 0.717) is 29.8 Å². The van der Waals surface area contributed by atoms with Gasteiger partial charge in [0.05, 0.1) is 12.7 Å². The lowest BCUT2D eigenvalue weighted by Crippen LogP contribution is -2.37. The zero-order chi connectivity index (χ0) is 20.9. The van der Waals surface area contributed by atoms with Gasteiger partial charge in [0.15, 0.2) is 0 Å². The van der Waals surface area contributed by atoms with Crippen LogP contribution in [0.5, 0.6) is 0 Å². The molecule has 1 aromatic carbocycles. The lowest BCUT2D eigenvalue weighted by atomic mass is 10.1. The second-order valence-electron chi connectivity index (χ2n) is 7.39. The number of benzene rings is 1. The Morgan fingerprint density at radius 2 is 1.75 bits per heavy atom. The van der Waals surface area contributed by atoms with Crippen LogP contribution >= 0.6 is 0 Å². The van der Waals surface area contributed by atoms with E-state index in [1.54, 1.807) is 75.0 Å². The number of hydrogen-bond acceptors (Lipinski definition) is 5. The Hall–Kier alpha value is -3.09. The van der Waals surface area contributed by atoms with Gasteiger partial charge >= 0.3 is 12.1 Å². The SMILES string of the molecule is COC(=O)c1ccc(-c2cccn(CCN(C)C(=O)OC(C)(C)C)c2=O)cc1. The van der Waals surface area contributed by atoms with Crippen LogP contribution in [0.1, 0.15) is 31.1 Å². The fourth-order valence-corrected chi connectivity index (χ4v) is 2.53. The van der Waals surface area contributed by atoms with Crippen LogP contribution < -0.4 is 5.56 Å². The largest absolute Gasteiger partial charge is 0.465 e. The van der Waals surface area contributed by atoms with Crippen molar-refractivity contribution in [3.63, 3.8) is 0 Å². The van der Waals surface area contributed by atoms with Gasteiger partial charge in [-0.1, -0.05) is 12.1 Å². The molecule has 0 atom stereocenters. The van der Waals surface area contributed by atoms with Crippen molar-refractivity contribution in [2.24, 2.45) is 0 Å². The Morgan fingerprint density at radius 3 is 2.32 bits per heavy atom. The third-order valence-electron chi connectivity index (χ3n) is 4.02. The Kier molecular flexibility index (Phi) is 6.62. The van der Waals surface area contributed by atoms with E-state index in [1.807, 2.05) is 0 Å². The first-order chi connectivity index (χ1) is 13.1. The number of rotatable bonds is 5. The summed E-state index contributed by atoms with van der Waals surface area (Å²) in [6, 6.07) is 10.2. The molecule has 0 N–H and O–H groups in total. The van der Waals surface area contributed by atoms with E-state index in [4.69, 9.17) is 4.74 Å². The minimum atomic E-state index is -0.571. The maximum Gasteiger partial charge on any atom is 0.410 e. The van der Waals surface area contributed by atoms with Gasteiger partial charge in [0.2, 0.25) is 0 Å². The number of methoxy groups -OCH3 is 1. The minimum Gasteiger partial charge on any atom is -0.465 e. The second-order valence-corrected chi connectivity index (χ2v) is 7.39. The van der Waals surface area contributed by atoms with Crippen LogP contribution in [0.2, 0.25) is 0 Å². The third-order valence-corrected chi connectivity index (χ3v) is 4.02. The van der Waals surface area contributed by atoms with E-state index in [0.717, 1.165) is 0 Å². The molecule has 150 valence electrons. The third kappa shape index (κ3) is 5.45. The second kappa shape index (κ2) is 8.73. The average Bonchev–Trinajstić information content (AvgIpc) is 2.65. The van der Waals surface area contributed by atoms with Crippen LogP contribution in [0.25, 0.3) is 11.1 Å². The summed E-state index contributed by atoms with van der Waals surface area (Å²) in [5.41, 5.74) is 0.886. The molecule has 0 fully saturated rings. The fraction of sp³-hybridized carbons (Fsp3) is 0.381. The zero-order valence-corrected chi connectivity index (χ0v) is 16.9. The van der Waals surface area contributed by atoms with Gasteiger partial charge in [-0.25, -0.2) is 9.59 Å². The van der Waals surface area contributed by atoms with Gasteiger partial charge in [-0.2, -0.15) is 0 Å². The van der Waals surface area contributed by atoms with Gasteiger partial charge in [0, 0.05) is 31.9 Å². The Bertz CT molecular complexity index is 894. The van der Waals surface area contributed by atoms with Crippen molar-refractivity contribution in [1.82, 2.24) is 9.47 Å². The number of carbonyl (C=O) groups is 2. The van der Waals surface area contributed by atoms with Crippen LogP contribution in [0.4, 0.5) is 4.79 Å². The molecule has 2 rings (SSSR count). The van der Waals surface area contributed by atoms with Gasteiger partial charge in [0.1, 0.15) is 5.60 Å². The van der Waals surface area contributed by atoms with E-state index in [2.05, 4.69) is 4.74 Å². The summed E-state index contributed by atoms with van der Waals surface area (Å²) in [4.78, 5) is 37.8. The molecule has 2 aromatic rings. The molecule has 0 unspecified atom stereocenters. The fourth-order valence-electron chi connectivity index (χ4n) is 2.53. The number of likely N-dealkylation sites (N-methyl/N-ethyl adjacent to an activating group) is 1. The highest BCUT2D eigenvalue weighted by Crippen LogP contribution is 2.16. The quantitative estimate of drug-likeness (QED) is 0.738. The number of nitrogens with zero attached hydrogens (tertiary/aromatic N) is 2. The van der Waals surface area contributed by atoms with Gasteiger partial charge in [0.25, 0.3) is 5.56 Å². The molecule has 1 heterocycles. The molecule has 0 saturated carbocycles. The molecule has 1 amide bonds. The van der Waals surface area contributed by atoms with Crippen LogP contribution in [0.3, 0.4) is 0 Å². The van der Waals surface area contributed by atoms with Crippen molar-refractivity contribution in [3.05, 3.63) is 58.5 Å². The number of aromatic nitrogens is 1. The molecule has 0 saturated heterocycles. The van der Waals surface area contributed by atoms with E-state index in [9.17, 15) is 14.4 Å². The lowest BCUT2D eigenvalue weighted by molar-refractivity contribution is 0.0293. The topological polar surface area (TPSA) is 77.8 Å². The normalized spacial score (nSPS) is 11.0. The van der Waals surface area contributed by atoms with Crippen LogP contribution in [-0.4, -0.2) is 47.8 Å². The summed E-state index contributed by atoms with van der Waals surface area (Å²) in [6.07, 6.45) is 1.24. The standard InChI is InChI=1S/C21H26N2O5/c1-21(2,3)28-20(26)22(4)13-14-23-12-6-7-17(18(23)24)15-8-10-16(11-9-15)19(25)27-5/h6-12H,13-14H2,1-5H3. The van der Waals surface area contributed by atoms with Crippen molar-refractivity contribution in [1.29, 1.82) is 0 Å². The van der Waals surface area contributed by atoms with Gasteiger partial charge in [-0.3, -0.25) is 4.79 Å². The number of ether oxygens (including phenoxy) is 2. The maximum absolute atomic E-state index is 12.8. The molecule has 0 aliphatic carbocycles. The number of amides is 1. The van der Waals surface area contributed by atoms with Gasteiger partial charge in [-0.15, -0.1) is 0 Å². The predicted octanol–water partition coefficient (Wildman–Crippen LogP) is 3.17. The van der Waals surface area contributed by atoms with E-state index < -0.39 is 17.7 Å². The van der Waals surface area contributed by atoms with Crippen LogP contribution in [-0.2, 0) is 16.0 Å². The van der Waals surface area contributed by atoms with Crippen molar-refractivity contribution in [2.75, 3.05) is 20.7 Å². The van der Waals surface area contributed by atoms with E-state index in [1.165, 1.54) is 12.0 Å². The molecular weight excluding hydrogens is 360 g/mol. The molecule has 7 heteroatoms. The summed E-state index contributed by atoms with van der Waals surface area (Å²) in [6.45, 7) is 6.08. The van der Waals surface area contributed by atoms with Crippen LogP contribution in [0.15, 0.2) is 47.4 Å². The zero-order valence-electron chi connectivity index (χ0n) is 16.9. The Balaban J connectivity index is 2.14. The monoisotopic (exact) mass is 386 g/mol. The molecule has 0 aliphatic rings. The molecule has 0 spiro atoms. The van der Waals surface area contributed by atoms with Crippen LogP contribution in [0, 0.1) is 0 Å². The summed E-state index contributed by atoms with van der Waals surface area (Å²) in [7, 11) is 2.95. The number of hydrogen-bond donors (Lipinski definition) is 0. The Morgan fingerprint density at radius 1 is 1.11 bits per heavy atom. The predicted molar refractivity (Wildman–Crippen MR) is 106 cm³/mol. The lowest BCUT2D eigenvalue weighted by Gasteiger charge is -2.24. The van der Waals surface area contributed by atoms with Crippen molar-refractivity contribution in [2.45, 2.75) is 32.9 Å². The van der Waals surface area contributed by atoms with Crippen molar-refractivity contribution >= 4 is 12.1 Å². The highest BCUT2D eigenvalue weighted by Gasteiger charge is 2.19. The van der Waals surface area contributed by atoms with Crippen molar-refractivity contribution in [3.8, 4) is 11.1 Å². The molecule has 1 aromatic heterocycles. The maximum atomic E-state index is 12.8. The summed E-state index contributed by atoms with van der Waals surface area (Å²) in [5, 5.41) is 0. The van der Waals surface area contributed by atoms with E-state index >= 15 is 0 Å². The van der Waals surface area contributed by atoms with Gasteiger partial charge < -0.3 is 18.9 Å². The highest BCUT2D eigenvalue weighted by atomic mass is 16.6. The summed E-state index contributed by atoms with van der Waals surface area (Å²) < 4.78 is 11.5. The first kappa shape index (κ1) is 21.2.